The van der Waals surface area contributed by atoms with Gasteiger partial charge in [-0.15, -0.1) is 0 Å². The van der Waals surface area contributed by atoms with Crippen molar-refractivity contribution in [2.75, 3.05) is 40.4 Å². The Labute approximate surface area is 131 Å². The summed E-state index contributed by atoms with van der Waals surface area (Å²) in [5.41, 5.74) is 0.990. The van der Waals surface area contributed by atoms with Crippen LogP contribution in [0.1, 0.15) is 18.4 Å². The van der Waals surface area contributed by atoms with Crippen LogP contribution in [0.3, 0.4) is 0 Å². The second-order valence-corrected chi connectivity index (χ2v) is 6.23. The predicted octanol–water partition coefficient (Wildman–Crippen LogP) is 1.55. The molecule has 2 aliphatic rings. The fraction of sp³-hybridized carbons (Fsp3) is 0.588. The first-order chi connectivity index (χ1) is 10.6. The third kappa shape index (κ3) is 3.35. The number of piperidine rings is 1. The molecule has 0 bridgehead atoms. The molecule has 0 radical (unpaired) electrons. The van der Waals surface area contributed by atoms with Crippen molar-refractivity contribution in [3.8, 4) is 11.5 Å². The van der Waals surface area contributed by atoms with Crippen LogP contribution in [0, 0.1) is 0 Å². The van der Waals surface area contributed by atoms with Gasteiger partial charge in [0.2, 0.25) is 5.91 Å². The molecule has 1 aromatic carbocycles. The molecule has 1 amide bonds. The summed E-state index contributed by atoms with van der Waals surface area (Å²) in [6.07, 6.45) is 2.54. The standard InChI is InChI=1S/C17H24N2O3/c1-18(2)14-5-7-19(8-6-14)17(20)12-13-3-4-15-16(11-13)22-10-9-21-15/h3-4,11,14H,5-10,12H2,1-2H3. The number of rotatable bonds is 3. The number of benzene rings is 1. The molecule has 1 fully saturated rings. The molecule has 22 heavy (non-hydrogen) atoms. The van der Waals surface area contributed by atoms with E-state index in [1.165, 1.54) is 0 Å². The van der Waals surface area contributed by atoms with Gasteiger partial charge < -0.3 is 19.3 Å². The van der Waals surface area contributed by atoms with Gasteiger partial charge in [0, 0.05) is 19.1 Å². The van der Waals surface area contributed by atoms with Crippen LogP contribution in [-0.4, -0.2) is 62.1 Å². The molecule has 2 heterocycles. The Morgan fingerprint density at radius 2 is 1.86 bits per heavy atom. The Hall–Kier alpha value is -1.75. The van der Waals surface area contributed by atoms with E-state index >= 15 is 0 Å². The van der Waals surface area contributed by atoms with Gasteiger partial charge in [0.05, 0.1) is 6.42 Å². The number of hydrogen-bond acceptors (Lipinski definition) is 4. The molecule has 0 atom stereocenters. The van der Waals surface area contributed by atoms with E-state index in [0.717, 1.165) is 43.0 Å². The molecule has 0 aliphatic carbocycles. The Morgan fingerprint density at radius 3 is 2.55 bits per heavy atom. The number of carbonyl (C=O) groups excluding carboxylic acids is 1. The van der Waals surface area contributed by atoms with Gasteiger partial charge in [-0.05, 0) is 44.6 Å². The molecule has 0 spiro atoms. The lowest BCUT2D eigenvalue weighted by atomic mass is 10.0. The topological polar surface area (TPSA) is 42.0 Å². The highest BCUT2D eigenvalue weighted by atomic mass is 16.6. The quantitative estimate of drug-likeness (QED) is 0.850. The fourth-order valence-electron chi connectivity index (χ4n) is 3.12. The van der Waals surface area contributed by atoms with Crippen molar-refractivity contribution in [3.63, 3.8) is 0 Å². The summed E-state index contributed by atoms with van der Waals surface area (Å²) in [6, 6.07) is 6.38. The second kappa shape index (κ2) is 6.57. The number of fused-ring (bicyclic) bond motifs is 1. The minimum atomic E-state index is 0.203. The highest BCUT2D eigenvalue weighted by molar-refractivity contribution is 5.79. The molecule has 1 saturated heterocycles. The number of amides is 1. The molecule has 0 unspecified atom stereocenters. The summed E-state index contributed by atoms with van der Waals surface area (Å²) in [6.45, 7) is 2.87. The van der Waals surface area contributed by atoms with Gasteiger partial charge in [-0.1, -0.05) is 6.07 Å². The van der Waals surface area contributed by atoms with Crippen molar-refractivity contribution < 1.29 is 14.3 Å². The number of nitrogens with zero attached hydrogens (tertiary/aromatic N) is 2. The van der Waals surface area contributed by atoms with E-state index in [-0.39, 0.29) is 5.91 Å². The lowest BCUT2D eigenvalue weighted by Crippen LogP contribution is -2.44. The molecule has 1 aromatic rings. The van der Waals surface area contributed by atoms with Crippen LogP contribution >= 0.6 is 0 Å². The Balaban J connectivity index is 1.58. The van der Waals surface area contributed by atoms with Crippen molar-refractivity contribution in [1.29, 1.82) is 0 Å². The highest BCUT2D eigenvalue weighted by Gasteiger charge is 2.24. The minimum absolute atomic E-state index is 0.203. The van der Waals surface area contributed by atoms with Crippen molar-refractivity contribution in [1.82, 2.24) is 9.80 Å². The van der Waals surface area contributed by atoms with Crippen LogP contribution < -0.4 is 9.47 Å². The smallest absolute Gasteiger partial charge is 0.226 e. The first-order valence-electron chi connectivity index (χ1n) is 7.96. The van der Waals surface area contributed by atoms with Crippen LogP contribution in [0.25, 0.3) is 0 Å². The highest BCUT2D eigenvalue weighted by Crippen LogP contribution is 2.31. The molecule has 0 N–H and O–H groups in total. The number of carbonyl (C=O) groups is 1. The molecule has 0 saturated carbocycles. The van der Waals surface area contributed by atoms with Gasteiger partial charge in [0.25, 0.3) is 0 Å². The lowest BCUT2D eigenvalue weighted by Gasteiger charge is -2.35. The fourth-order valence-corrected chi connectivity index (χ4v) is 3.12. The molecule has 0 aromatic heterocycles. The van der Waals surface area contributed by atoms with Crippen LogP contribution in [0.15, 0.2) is 18.2 Å². The summed E-state index contributed by atoms with van der Waals surface area (Å²) in [7, 11) is 4.22. The van der Waals surface area contributed by atoms with Crippen molar-refractivity contribution >= 4 is 5.91 Å². The molecular weight excluding hydrogens is 280 g/mol. The van der Waals surface area contributed by atoms with Crippen LogP contribution in [0.2, 0.25) is 0 Å². The molecular formula is C17H24N2O3. The van der Waals surface area contributed by atoms with E-state index in [1.54, 1.807) is 0 Å². The second-order valence-electron chi connectivity index (χ2n) is 6.23. The summed E-state index contributed by atoms with van der Waals surface area (Å²) < 4.78 is 11.1. The van der Waals surface area contributed by atoms with Gasteiger partial charge in [-0.25, -0.2) is 0 Å². The van der Waals surface area contributed by atoms with Crippen molar-refractivity contribution in [2.24, 2.45) is 0 Å². The first-order valence-corrected chi connectivity index (χ1v) is 7.96. The predicted molar refractivity (Wildman–Crippen MR) is 84.4 cm³/mol. The van der Waals surface area contributed by atoms with Gasteiger partial charge in [0.1, 0.15) is 13.2 Å². The van der Waals surface area contributed by atoms with Gasteiger partial charge in [-0.2, -0.15) is 0 Å². The number of hydrogen-bond donors (Lipinski definition) is 0. The normalized spacial score (nSPS) is 18.6. The molecule has 2 aliphatic heterocycles. The molecule has 120 valence electrons. The maximum absolute atomic E-state index is 12.5. The Kier molecular flexibility index (Phi) is 4.52. The third-order valence-corrected chi connectivity index (χ3v) is 4.51. The number of likely N-dealkylation sites (tertiary alicyclic amines) is 1. The van der Waals surface area contributed by atoms with E-state index in [4.69, 9.17) is 9.47 Å². The van der Waals surface area contributed by atoms with Crippen molar-refractivity contribution in [2.45, 2.75) is 25.3 Å². The summed E-state index contributed by atoms with van der Waals surface area (Å²) in [5, 5.41) is 0. The van der Waals surface area contributed by atoms with E-state index in [0.29, 0.717) is 25.7 Å². The zero-order valence-corrected chi connectivity index (χ0v) is 13.4. The summed E-state index contributed by atoms with van der Waals surface area (Å²) >= 11 is 0. The van der Waals surface area contributed by atoms with Gasteiger partial charge in [0.15, 0.2) is 11.5 Å². The first kappa shape index (κ1) is 15.2. The zero-order valence-electron chi connectivity index (χ0n) is 13.4. The molecule has 5 nitrogen and oxygen atoms in total. The minimum Gasteiger partial charge on any atom is -0.486 e. The average molecular weight is 304 g/mol. The van der Waals surface area contributed by atoms with E-state index in [9.17, 15) is 4.79 Å². The zero-order chi connectivity index (χ0) is 15.5. The van der Waals surface area contributed by atoms with E-state index in [2.05, 4.69) is 19.0 Å². The lowest BCUT2D eigenvalue weighted by molar-refractivity contribution is -0.131. The Bertz CT molecular complexity index is 537. The average Bonchev–Trinajstić information content (AvgIpc) is 2.55. The maximum Gasteiger partial charge on any atom is 0.226 e. The summed E-state index contributed by atoms with van der Waals surface area (Å²) in [5.74, 6) is 1.73. The van der Waals surface area contributed by atoms with Crippen LogP contribution in [-0.2, 0) is 11.2 Å². The van der Waals surface area contributed by atoms with Crippen molar-refractivity contribution in [3.05, 3.63) is 23.8 Å². The Morgan fingerprint density at radius 1 is 1.18 bits per heavy atom. The number of ether oxygens (including phenoxy) is 2. The monoisotopic (exact) mass is 304 g/mol. The largest absolute Gasteiger partial charge is 0.486 e. The van der Waals surface area contributed by atoms with E-state index in [1.807, 2.05) is 23.1 Å². The van der Waals surface area contributed by atoms with Gasteiger partial charge >= 0.3 is 0 Å². The van der Waals surface area contributed by atoms with Gasteiger partial charge in [-0.3, -0.25) is 4.79 Å². The SMILES string of the molecule is CN(C)C1CCN(C(=O)Cc2ccc3c(c2)OCCO3)CC1. The third-order valence-electron chi connectivity index (χ3n) is 4.51. The van der Waals surface area contributed by atoms with Crippen LogP contribution in [0.4, 0.5) is 0 Å². The summed E-state index contributed by atoms with van der Waals surface area (Å²) in [4.78, 5) is 16.7. The maximum atomic E-state index is 12.5. The van der Waals surface area contributed by atoms with E-state index < -0.39 is 0 Å². The van der Waals surface area contributed by atoms with Crippen LogP contribution in [0.5, 0.6) is 11.5 Å². The molecule has 3 rings (SSSR count). The molecule has 5 heteroatoms.